The zero-order valence-corrected chi connectivity index (χ0v) is 14.0. The van der Waals surface area contributed by atoms with Crippen LogP contribution in [0.2, 0.25) is 0 Å². The number of phenolic OH excluding ortho intramolecular Hbond substituents is 1. The van der Waals surface area contributed by atoms with E-state index in [9.17, 15) is 9.90 Å². The first-order valence-electron chi connectivity index (χ1n) is 6.71. The van der Waals surface area contributed by atoms with Gasteiger partial charge < -0.3 is 10.1 Å². The maximum absolute atomic E-state index is 11.9. The minimum absolute atomic E-state index is 0.228. The number of halogens is 1. The van der Waals surface area contributed by atoms with E-state index >= 15 is 0 Å². The highest BCUT2D eigenvalue weighted by molar-refractivity contribution is 14.1. The maximum atomic E-state index is 11.9. The number of aromatic hydroxyl groups is 1. The summed E-state index contributed by atoms with van der Waals surface area (Å²) < 4.78 is 1.05. The lowest BCUT2D eigenvalue weighted by atomic mass is 10.1. The summed E-state index contributed by atoms with van der Waals surface area (Å²) in [5, 5.41) is 9.62. The van der Waals surface area contributed by atoms with Gasteiger partial charge in [-0.1, -0.05) is 18.2 Å². The van der Waals surface area contributed by atoms with Crippen molar-refractivity contribution in [2.75, 3.05) is 0 Å². The van der Waals surface area contributed by atoms with Gasteiger partial charge in [-0.25, -0.2) is 4.79 Å². The van der Waals surface area contributed by atoms with Crippen molar-refractivity contribution in [2.24, 2.45) is 0 Å². The second-order valence-electron chi connectivity index (χ2n) is 4.97. The van der Waals surface area contributed by atoms with Gasteiger partial charge in [0.2, 0.25) is 0 Å². The number of hydrogen-bond acceptors (Lipinski definition) is 3. The van der Waals surface area contributed by atoms with Gasteiger partial charge in [-0.2, -0.15) is 4.98 Å². The Morgan fingerprint density at radius 2 is 1.91 bits per heavy atom. The molecule has 3 aromatic rings. The van der Waals surface area contributed by atoms with Crippen LogP contribution in [-0.4, -0.2) is 15.1 Å². The van der Waals surface area contributed by atoms with E-state index in [0.29, 0.717) is 5.69 Å². The van der Waals surface area contributed by atoms with E-state index in [-0.39, 0.29) is 5.75 Å². The van der Waals surface area contributed by atoms with Gasteiger partial charge in [0.25, 0.3) is 0 Å². The fraction of sp³-hybridized carbons (Fsp3) is 0.0588. The van der Waals surface area contributed by atoms with E-state index in [1.54, 1.807) is 12.1 Å². The van der Waals surface area contributed by atoms with Crippen LogP contribution in [0.4, 0.5) is 0 Å². The zero-order valence-electron chi connectivity index (χ0n) is 11.8. The molecule has 0 saturated carbocycles. The zero-order chi connectivity index (χ0) is 15.7. The number of aromatic amines is 1. The van der Waals surface area contributed by atoms with Crippen LogP contribution < -0.4 is 5.69 Å². The Labute approximate surface area is 141 Å². The topological polar surface area (TPSA) is 66.0 Å². The summed E-state index contributed by atoms with van der Waals surface area (Å²) in [5.74, 6) is 0.228. The Balaban J connectivity index is 2.17. The van der Waals surface area contributed by atoms with Gasteiger partial charge in [0, 0.05) is 14.7 Å². The number of phenols is 1. The number of rotatable bonds is 2. The Morgan fingerprint density at radius 1 is 1.14 bits per heavy atom. The van der Waals surface area contributed by atoms with Crippen molar-refractivity contribution >= 4 is 22.6 Å². The molecule has 0 bridgehead atoms. The molecule has 0 saturated heterocycles. The van der Waals surface area contributed by atoms with Crippen LogP contribution >= 0.6 is 22.6 Å². The maximum Gasteiger partial charge on any atom is 0.345 e. The van der Waals surface area contributed by atoms with Crippen molar-refractivity contribution in [1.82, 2.24) is 9.97 Å². The van der Waals surface area contributed by atoms with E-state index < -0.39 is 5.69 Å². The van der Waals surface area contributed by atoms with E-state index in [1.165, 1.54) is 0 Å². The molecule has 4 nitrogen and oxygen atoms in total. The van der Waals surface area contributed by atoms with Crippen LogP contribution in [-0.2, 0) is 0 Å². The van der Waals surface area contributed by atoms with E-state index in [0.717, 1.165) is 26.0 Å². The number of H-pyrrole nitrogens is 1. The summed E-state index contributed by atoms with van der Waals surface area (Å²) in [5.41, 5.74) is 3.42. The third kappa shape index (κ3) is 2.89. The summed E-state index contributed by atoms with van der Waals surface area (Å²) in [6, 6.07) is 14.9. The standard InChI is InChI=1S/C17H13IN2O2/c1-10-8-11(6-7-16(10)21)14-9-15(20-17(22)19-14)12-4-2-3-5-13(12)18/h2-9,21H,1H3,(H,19,20,22). The molecule has 0 spiro atoms. The monoisotopic (exact) mass is 404 g/mol. The molecule has 0 aliphatic heterocycles. The lowest BCUT2D eigenvalue weighted by Gasteiger charge is -2.08. The van der Waals surface area contributed by atoms with Crippen LogP contribution in [0, 0.1) is 10.5 Å². The van der Waals surface area contributed by atoms with E-state index in [2.05, 4.69) is 32.6 Å². The largest absolute Gasteiger partial charge is 0.508 e. The van der Waals surface area contributed by atoms with E-state index in [4.69, 9.17) is 0 Å². The number of aromatic nitrogens is 2. The molecule has 0 aliphatic carbocycles. The average Bonchev–Trinajstić information content (AvgIpc) is 2.50. The minimum Gasteiger partial charge on any atom is -0.508 e. The van der Waals surface area contributed by atoms with Crippen molar-refractivity contribution in [3.63, 3.8) is 0 Å². The molecule has 0 fully saturated rings. The summed E-state index contributed by atoms with van der Waals surface area (Å²) in [4.78, 5) is 18.7. The first kappa shape index (κ1) is 14.8. The third-order valence-electron chi connectivity index (χ3n) is 3.40. The molecule has 0 aliphatic rings. The Kier molecular flexibility index (Phi) is 3.98. The molecule has 5 heteroatoms. The molecule has 0 unspecified atom stereocenters. The molecule has 1 aromatic heterocycles. The fourth-order valence-corrected chi connectivity index (χ4v) is 2.92. The molecular formula is C17H13IN2O2. The van der Waals surface area contributed by atoms with Gasteiger partial charge in [-0.05, 0) is 65.4 Å². The number of nitrogens with zero attached hydrogens (tertiary/aromatic N) is 1. The fourth-order valence-electron chi connectivity index (χ4n) is 2.25. The van der Waals surface area contributed by atoms with Gasteiger partial charge in [-0.3, -0.25) is 0 Å². The molecule has 2 N–H and O–H groups in total. The highest BCUT2D eigenvalue weighted by atomic mass is 127. The van der Waals surface area contributed by atoms with Crippen LogP contribution in [0.3, 0.4) is 0 Å². The van der Waals surface area contributed by atoms with Crippen molar-refractivity contribution in [1.29, 1.82) is 0 Å². The smallest absolute Gasteiger partial charge is 0.345 e. The van der Waals surface area contributed by atoms with Crippen LogP contribution in [0.15, 0.2) is 53.3 Å². The quantitative estimate of drug-likeness (QED) is 0.640. The molecule has 0 atom stereocenters. The number of nitrogens with one attached hydrogen (secondary N) is 1. The number of aryl methyl sites for hydroxylation is 1. The molecule has 2 aromatic carbocycles. The van der Waals surface area contributed by atoms with E-state index in [1.807, 2.05) is 43.3 Å². The highest BCUT2D eigenvalue weighted by Gasteiger charge is 2.09. The summed E-state index contributed by atoms with van der Waals surface area (Å²) in [6.07, 6.45) is 0. The van der Waals surface area contributed by atoms with Crippen LogP contribution in [0.5, 0.6) is 5.75 Å². The second kappa shape index (κ2) is 5.92. The first-order valence-corrected chi connectivity index (χ1v) is 7.79. The Hall–Kier alpha value is -2.15. The predicted molar refractivity (Wildman–Crippen MR) is 94.8 cm³/mol. The van der Waals surface area contributed by atoms with Gasteiger partial charge in [-0.15, -0.1) is 0 Å². The lowest BCUT2D eigenvalue weighted by Crippen LogP contribution is -2.12. The third-order valence-corrected chi connectivity index (χ3v) is 4.34. The van der Waals surface area contributed by atoms with Gasteiger partial charge in [0.1, 0.15) is 5.75 Å². The molecular weight excluding hydrogens is 391 g/mol. The molecule has 0 radical (unpaired) electrons. The summed E-state index contributed by atoms with van der Waals surface area (Å²) in [6.45, 7) is 1.81. The van der Waals surface area contributed by atoms with Crippen LogP contribution in [0.25, 0.3) is 22.5 Å². The average molecular weight is 404 g/mol. The highest BCUT2D eigenvalue weighted by Crippen LogP contribution is 2.27. The summed E-state index contributed by atoms with van der Waals surface area (Å²) in [7, 11) is 0. The molecule has 0 amide bonds. The molecule has 3 rings (SSSR count). The van der Waals surface area contributed by atoms with Crippen molar-refractivity contribution in [3.8, 4) is 28.3 Å². The van der Waals surface area contributed by atoms with Crippen LogP contribution in [0.1, 0.15) is 5.56 Å². The molecule has 1 heterocycles. The van der Waals surface area contributed by atoms with Crippen molar-refractivity contribution < 1.29 is 5.11 Å². The molecule has 110 valence electrons. The Bertz CT molecular complexity index is 903. The van der Waals surface area contributed by atoms with Gasteiger partial charge in [0.15, 0.2) is 0 Å². The summed E-state index contributed by atoms with van der Waals surface area (Å²) >= 11 is 2.24. The lowest BCUT2D eigenvalue weighted by molar-refractivity contribution is 0.471. The van der Waals surface area contributed by atoms with Crippen molar-refractivity contribution in [2.45, 2.75) is 6.92 Å². The minimum atomic E-state index is -0.391. The normalized spacial score (nSPS) is 10.6. The van der Waals surface area contributed by atoms with Gasteiger partial charge >= 0.3 is 5.69 Å². The molecule has 22 heavy (non-hydrogen) atoms. The van der Waals surface area contributed by atoms with Crippen molar-refractivity contribution in [3.05, 3.63) is 68.1 Å². The van der Waals surface area contributed by atoms with Gasteiger partial charge in [0.05, 0.1) is 11.4 Å². The SMILES string of the molecule is Cc1cc(-c2cc(-c3ccccc3I)[nH]c(=O)n2)ccc1O. The second-order valence-corrected chi connectivity index (χ2v) is 6.13. The number of hydrogen-bond donors (Lipinski definition) is 2. The first-order chi connectivity index (χ1) is 10.5. The predicted octanol–water partition coefficient (Wildman–Crippen LogP) is 3.72. The number of benzene rings is 2. The Morgan fingerprint density at radius 3 is 2.64 bits per heavy atom.